The summed E-state index contributed by atoms with van der Waals surface area (Å²) in [5.74, 6) is -2.49. The van der Waals surface area contributed by atoms with Gasteiger partial charge < -0.3 is 24.6 Å². The van der Waals surface area contributed by atoms with Crippen LogP contribution in [0.5, 0.6) is 11.5 Å². The number of hydrogen-bond donors (Lipinski definition) is 2. The number of aromatic hydroxyl groups is 1. The van der Waals surface area contributed by atoms with Gasteiger partial charge in [0, 0.05) is 52.8 Å². The molecule has 1 aliphatic carbocycles. The Hall–Kier alpha value is -3.70. The summed E-state index contributed by atoms with van der Waals surface area (Å²) in [7, 11) is 1.28. The fourth-order valence-electron chi connectivity index (χ4n) is 5.47. The number of phenols is 1. The molecule has 3 heterocycles. The van der Waals surface area contributed by atoms with Crippen molar-refractivity contribution in [3.63, 3.8) is 0 Å². The lowest BCUT2D eigenvalue weighted by Gasteiger charge is -2.36. The van der Waals surface area contributed by atoms with E-state index in [-0.39, 0.29) is 47.7 Å². The van der Waals surface area contributed by atoms with Gasteiger partial charge in [-0.15, -0.1) is 11.3 Å². The molecule has 2 N–H and O–H groups in total. The number of benzene rings is 1. The Morgan fingerprint density at radius 1 is 1.34 bits per heavy atom. The minimum Gasteiger partial charge on any atom is -0.500 e. The van der Waals surface area contributed by atoms with E-state index in [2.05, 4.69) is 5.32 Å². The van der Waals surface area contributed by atoms with Gasteiger partial charge in [0.2, 0.25) is 5.75 Å². The number of Topliss-reactive ketones (excluding diaryl/α,β-unsaturated/α-hetero) is 1. The van der Waals surface area contributed by atoms with Crippen molar-refractivity contribution in [3.8, 4) is 11.5 Å². The lowest BCUT2D eigenvalue weighted by atomic mass is 9.72. The molecule has 1 saturated heterocycles. The summed E-state index contributed by atoms with van der Waals surface area (Å²) in [4.78, 5) is 39.3. The van der Waals surface area contributed by atoms with Crippen molar-refractivity contribution in [2.45, 2.75) is 50.5 Å². The van der Waals surface area contributed by atoms with Crippen molar-refractivity contribution >= 4 is 28.8 Å². The first-order valence-electron chi connectivity index (χ1n) is 12.4. The van der Waals surface area contributed by atoms with Crippen LogP contribution in [0.2, 0.25) is 0 Å². The fraction of sp³-hybridized carbons (Fsp3) is 0.407. The second-order valence-electron chi connectivity index (χ2n) is 9.61. The average Bonchev–Trinajstić information content (AvgIpc) is 3.61. The highest BCUT2D eigenvalue weighted by Crippen LogP contribution is 2.49. The number of nitro groups is 1. The highest BCUT2D eigenvalue weighted by atomic mass is 32.1. The molecule has 0 bridgehead atoms. The van der Waals surface area contributed by atoms with Crippen LogP contribution in [0.1, 0.15) is 54.9 Å². The molecular weight excluding hydrogens is 512 g/mol. The largest absolute Gasteiger partial charge is 0.500 e. The Kier molecular flexibility index (Phi) is 7.22. The third-order valence-electron chi connectivity index (χ3n) is 7.24. The van der Waals surface area contributed by atoms with Crippen molar-refractivity contribution < 1.29 is 33.8 Å². The van der Waals surface area contributed by atoms with E-state index in [1.165, 1.54) is 19.2 Å². The van der Waals surface area contributed by atoms with Gasteiger partial charge in [0.25, 0.3) is 0 Å². The summed E-state index contributed by atoms with van der Waals surface area (Å²) in [5.41, 5.74) is 1.44. The van der Waals surface area contributed by atoms with Gasteiger partial charge in [0.1, 0.15) is 6.61 Å². The van der Waals surface area contributed by atoms with E-state index in [4.69, 9.17) is 14.2 Å². The quantitative estimate of drug-likeness (QED) is 0.296. The normalized spacial score (nSPS) is 23.2. The minimum absolute atomic E-state index is 0.0149. The molecule has 2 aromatic rings. The summed E-state index contributed by atoms with van der Waals surface area (Å²) in [6.45, 7) is 2.41. The third kappa shape index (κ3) is 4.79. The maximum Gasteiger partial charge on any atom is 0.336 e. The molecule has 0 spiro atoms. The Morgan fingerprint density at radius 2 is 2.16 bits per heavy atom. The highest BCUT2D eigenvalue weighted by molar-refractivity contribution is 7.10. The van der Waals surface area contributed by atoms with Crippen LogP contribution in [0.25, 0.3) is 0 Å². The first-order chi connectivity index (χ1) is 18.3. The number of nitrogens with zero attached hydrogens (tertiary/aromatic N) is 1. The molecule has 10 nitrogen and oxygen atoms in total. The summed E-state index contributed by atoms with van der Waals surface area (Å²) in [6.07, 6.45) is 2.27. The average molecular weight is 541 g/mol. The van der Waals surface area contributed by atoms with Gasteiger partial charge in [-0.1, -0.05) is 6.07 Å². The first-order valence-corrected chi connectivity index (χ1v) is 13.3. The van der Waals surface area contributed by atoms with E-state index in [1.807, 2.05) is 17.5 Å². The van der Waals surface area contributed by atoms with Crippen LogP contribution in [0.15, 0.2) is 52.2 Å². The molecule has 0 unspecified atom stereocenters. The molecule has 0 saturated carbocycles. The van der Waals surface area contributed by atoms with Gasteiger partial charge >= 0.3 is 11.7 Å². The zero-order chi connectivity index (χ0) is 27.0. The molecule has 200 valence electrons. The predicted octanol–water partition coefficient (Wildman–Crippen LogP) is 4.45. The number of allylic oxidation sites excluding steroid dienone is 3. The number of nitrogens with one attached hydrogen (secondary N) is 1. The van der Waals surface area contributed by atoms with Crippen LogP contribution < -0.4 is 10.1 Å². The summed E-state index contributed by atoms with van der Waals surface area (Å²) >= 11 is 1.58. The molecular formula is C27H28N2O8S. The Balaban J connectivity index is 1.60. The number of esters is 1. The van der Waals surface area contributed by atoms with E-state index >= 15 is 0 Å². The molecule has 0 amide bonds. The summed E-state index contributed by atoms with van der Waals surface area (Å²) in [5, 5.41) is 27.4. The topological polar surface area (TPSA) is 137 Å². The molecule has 5 rings (SSSR count). The Bertz CT molecular complexity index is 1340. The van der Waals surface area contributed by atoms with Gasteiger partial charge in [-0.3, -0.25) is 14.9 Å². The molecule has 1 fully saturated rings. The zero-order valence-corrected chi connectivity index (χ0v) is 21.8. The highest BCUT2D eigenvalue weighted by Gasteiger charge is 2.43. The number of dihydropyridines is 1. The standard InChI is InChI=1S/C27H28N2O8S/c1-14-23(27(32)37-13-17-5-3-7-36-17)24(16-10-19(29(33)34)26(31)21(12-16)35-2)25-18(28-14)9-15(11-20(25)30)22-6-4-8-38-22/h4,6,8,10,12,15,17,24,28,31H,3,5,7,9,11,13H2,1-2H3/t15-,17+,24+/m0/s1. The zero-order valence-electron chi connectivity index (χ0n) is 21.0. The monoisotopic (exact) mass is 540 g/mol. The number of carbonyl (C=O) groups is 2. The number of phenolic OH excluding ortho intramolecular Hbond substituents is 1. The number of methoxy groups -OCH3 is 1. The van der Waals surface area contributed by atoms with Crippen LogP contribution in [0.3, 0.4) is 0 Å². The number of nitro benzene ring substituents is 1. The van der Waals surface area contributed by atoms with Crippen molar-refractivity contribution in [2.75, 3.05) is 20.3 Å². The number of thiophene rings is 1. The number of carbonyl (C=O) groups excluding carboxylic acids is 2. The second kappa shape index (κ2) is 10.6. The predicted molar refractivity (Wildman–Crippen MR) is 138 cm³/mol. The number of hydrogen-bond acceptors (Lipinski definition) is 10. The SMILES string of the molecule is COc1cc([C@@H]2C(C(=O)OC[C@H]3CCCO3)=C(C)NC3=C2C(=O)C[C@@H](c2cccs2)C3)cc([N+](=O)[O-])c1O. The number of rotatable bonds is 7. The molecule has 3 atom stereocenters. The van der Waals surface area contributed by atoms with Crippen molar-refractivity contribution in [1.82, 2.24) is 5.32 Å². The van der Waals surface area contributed by atoms with E-state index < -0.39 is 28.2 Å². The van der Waals surface area contributed by atoms with E-state index in [0.29, 0.717) is 30.0 Å². The van der Waals surface area contributed by atoms with Gasteiger partial charge in [-0.05, 0) is 49.3 Å². The molecule has 1 aromatic carbocycles. The summed E-state index contributed by atoms with van der Waals surface area (Å²) in [6, 6.07) is 6.57. The Labute approximate surface area is 223 Å². The van der Waals surface area contributed by atoms with E-state index in [0.717, 1.165) is 17.7 Å². The molecule has 38 heavy (non-hydrogen) atoms. The second-order valence-corrected chi connectivity index (χ2v) is 10.6. The molecule has 3 aliphatic rings. The molecule has 2 aliphatic heterocycles. The maximum absolute atomic E-state index is 13.7. The van der Waals surface area contributed by atoms with Crippen LogP contribution in [0, 0.1) is 10.1 Å². The molecule has 11 heteroatoms. The van der Waals surface area contributed by atoms with Gasteiger partial charge in [-0.25, -0.2) is 4.79 Å². The van der Waals surface area contributed by atoms with Crippen LogP contribution in [-0.4, -0.2) is 48.2 Å². The number of ketones is 1. The minimum atomic E-state index is -0.937. The van der Waals surface area contributed by atoms with Gasteiger partial charge in [0.15, 0.2) is 11.5 Å². The maximum atomic E-state index is 13.7. The van der Waals surface area contributed by atoms with Gasteiger partial charge in [-0.2, -0.15) is 0 Å². The van der Waals surface area contributed by atoms with E-state index in [9.17, 15) is 24.8 Å². The van der Waals surface area contributed by atoms with Crippen molar-refractivity contribution in [1.29, 1.82) is 0 Å². The van der Waals surface area contributed by atoms with E-state index in [1.54, 1.807) is 18.3 Å². The Morgan fingerprint density at radius 3 is 2.82 bits per heavy atom. The lowest BCUT2D eigenvalue weighted by Crippen LogP contribution is -2.36. The molecule has 1 aromatic heterocycles. The summed E-state index contributed by atoms with van der Waals surface area (Å²) < 4.78 is 16.4. The van der Waals surface area contributed by atoms with Crippen LogP contribution >= 0.6 is 11.3 Å². The van der Waals surface area contributed by atoms with Crippen LogP contribution in [0.4, 0.5) is 5.69 Å². The van der Waals surface area contributed by atoms with Gasteiger partial charge in [0.05, 0.1) is 23.7 Å². The first kappa shape index (κ1) is 25.9. The lowest BCUT2D eigenvalue weighted by molar-refractivity contribution is -0.386. The van der Waals surface area contributed by atoms with Crippen LogP contribution in [-0.2, 0) is 19.1 Å². The fourth-order valence-corrected chi connectivity index (χ4v) is 6.30. The third-order valence-corrected chi connectivity index (χ3v) is 8.28. The smallest absolute Gasteiger partial charge is 0.336 e. The number of ether oxygens (including phenoxy) is 3. The van der Waals surface area contributed by atoms with Crippen molar-refractivity contribution in [3.05, 3.63) is 72.7 Å². The van der Waals surface area contributed by atoms with Crippen molar-refractivity contribution in [2.24, 2.45) is 0 Å². The molecule has 0 radical (unpaired) electrons.